The molecule has 2 atom stereocenters. The van der Waals surface area contributed by atoms with Crippen LogP contribution in [0.25, 0.3) is 0 Å². The average molecular weight is 903 g/mol. The van der Waals surface area contributed by atoms with Gasteiger partial charge < -0.3 is 20.3 Å². The van der Waals surface area contributed by atoms with Crippen LogP contribution in [0.1, 0.15) is 309 Å². The van der Waals surface area contributed by atoms with Crippen LogP contribution in [0.2, 0.25) is 0 Å². The first-order valence-electron chi connectivity index (χ1n) is 28.6. The van der Waals surface area contributed by atoms with Crippen LogP contribution in [0.3, 0.4) is 0 Å². The minimum atomic E-state index is -0.675. The molecule has 2 unspecified atom stereocenters. The van der Waals surface area contributed by atoms with E-state index < -0.39 is 12.1 Å². The molecule has 64 heavy (non-hydrogen) atoms. The van der Waals surface area contributed by atoms with Crippen molar-refractivity contribution < 1.29 is 24.5 Å². The van der Waals surface area contributed by atoms with E-state index in [0.717, 1.165) is 64.2 Å². The zero-order chi connectivity index (χ0) is 46.5. The van der Waals surface area contributed by atoms with E-state index in [-0.39, 0.29) is 18.5 Å². The molecule has 0 rings (SSSR count). The molecule has 0 fully saturated rings. The highest BCUT2D eigenvalue weighted by atomic mass is 16.5. The Morgan fingerprint density at radius 2 is 0.781 bits per heavy atom. The van der Waals surface area contributed by atoms with Gasteiger partial charge in [0.2, 0.25) is 5.91 Å². The highest BCUT2D eigenvalue weighted by molar-refractivity contribution is 5.76. The SMILES string of the molecule is CCCCC/C=C\C/C=C\CCCCCCCCCC(=O)OCCCCCCCCCCCCCCC(=O)NC(CO)C(O)CCCCCCCCCCCCCCCCCCCC. The molecule has 0 spiro atoms. The third-order valence-electron chi connectivity index (χ3n) is 13.3. The molecular weight excluding hydrogens is 791 g/mol. The minimum Gasteiger partial charge on any atom is -0.466 e. The Kier molecular flexibility index (Phi) is 52.6. The van der Waals surface area contributed by atoms with E-state index in [1.807, 2.05) is 0 Å². The fourth-order valence-corrected chi connectivity index (χ4v) is 8.85. The molecule has 0 saturated carbocycles. The normalized spacial score (nSPS) is 12.8. The highest BCUT2D eigenvalue weighted by Crippen LogP contribution is 2.17. The van der Waals surface area contributed by atoms with Crippen LogP contribution in [-0.4, -0.2) is 47.4 Å². The number of amides is 1. The number of esters is 1. The van der Waals surface area contributed by atoms with Crippen molar-refractivity contribution >= 4 is 11.9 Å². The number of ether oxygens (including phenoxy) is 1. The summed E-state index contributed by atoms with van der Waals surface area (Å²) in [6.07, 6.45) is 64.4. The predicted octanol–water partition coefficient (Wildman–Crippen LogP) is 17.5. The van der Waals surface area contributed by atoms with Crippen molar-refractivity contribution in [2.75, 3.05) is 13.2 Å². The van der Waals surface area contributed by atoms with Crippen LogP contribution in [0.15, 0.2) is 24.3 Å². The molecule has 0 radical (unpaired) electrons. The van der Waals surface area contributed by atoms with Gasteiger partial charge in [-0.05, 0) is 57.8 Å². The molecule has 0 aliphatic heterocycles. The fourth-order valence-electron chi connectivity index (χ4n) is 8.85. The van der Waals surface area contributed by atoms with E-state index in [1.165, 1.54) is 212 Å². The first kappa shape index (κ1) is 62.3. The van der Waals surface area contributed by atoms with Crippen LogP contribution in [0.4, 0.5) is 0 Å². The summed E-state index contributed by atoms with van der Waals surface area (Å²) < 4.78 is 5.47. The van der Waals surface area contributed by atoms with Crippen LogP contribution in [0.5, 0.6) is 0 Å². The lowest BCUT2D eigenvalue weighted by molar-refractivity contribution is -0.143. The second-order valence-corrected chi connectivity index (χ2v) is 19.6. The molecule has 0 heterocycles. The molecule has 6 nitrogen and oxygen atoms in total. The molecule has 0 aliphatic rings. The first-order valence-corrected chi connectivity index (χ1v) is 28.6. The zero-order valence-corrected chi connectivity index (χ0v) is 43.0. The van der Waals surface area contributed by atoms with E-state index in [2.05, 4.69) is 43.5 Å². The van der Waals surface area contributed by atoms with Gasteiger partial charge in [-0.15, -0.1) is 0 Å². The smallest absolute Gasteiger partial charge is 0.305 e. The van der Waals surface area contributed by atoms with E-state index in [9.17, 15) is 19.8 Å². The number of rotatable bonds is 53. The molecule has 3 N–H and O–H groups in total. The van der Waals surface area contributed by atoms with Gasteiger partial charge in [-0.1, -0.05) is 263 Å². The van der Waals surface area contributed by atoms with Crippen LogP contribution >= 0.6 is 0 Å². The molecular formula is C58H111NO5. The maximum atomic E-state index is 12.5. The molecule has 378 valence electrons. The largest absolute Gasteiger partial charge is 0.466 e. The monoisotopic (exact) mass is 902 g/mol. The average Bonchev–Trinajstić information content (AvgIpc) is 3.29. The molecule has 0 aliphatic carbocycles. The van der Waals surface area contributed by atoms with E-state index in [1.54, 1.807) is 0 Å². The van der Waals surface area contributed by atoms with Gasteiger partial charge in [0.1, 0.15) is 0 Å². The zero-order valence-electron chi connectivity index (χ0n) is 43.0. The Morgan fingerprint density at radius 1 is 0.438 bits per heavy atom. The van der Waals surface area contributed by atoms with E-state index in [0.29, 0.717) is 25.9 Å². The Hall–Kier alpha value is -1.66. The van der Waals surface area contributed by atoms with Gasteiger partial charge in [-0.2, -0.15) is 0 Å². The summed E-state index contributed by atoms with van der Waals surface area (Å²) in [5, 5.41) is 23.3. The second-order valence-electron chi connectivity index (χ2n) is 19.6. The van der Waals surface area contributed by atoms with Crippen LogP contribution < -0.4 is 5.32 Å². The Labute approximate surface area is 399 Å². The van der Waals surface area contributed by atoms with Crippen molar-refractivity contribution in [3.05, 3.63) is 24.3 Å². The molecule has 0 aromatic heterocycles. The number of aliphatic hydroxyl groups is 2. The first-order chi connectivity index (χ1) is 31.5. The number of aliphatic hydroxyl groups excluding tert-OH is 2. The standard InChI is InChI=1S/C58H111NO5/c1-3-5-7-9-11-13-15-17-19-21-23-24-26-30-34-38-42-46-50-56(61)55(54-60)59-57(62)51-47-43-39-35-31-28-29-33-37-41-45-49-53-64-58(63)52-48-44-40-36-32-27-25-22-20-18-16-14-12-10-8-6-4-2/h12,14,18,20,55-56,60-61H,3-11,13,15-17,19,21-54H2,1-2H3,(H,59,62)/b14-12-,20-18-. The number of hydrogen-bond acceptors (Lipinski definition) is 5. The molecule has 1 amide bonds. The van der Waals surface area contributed by atoms with Crippen molar-refractivity contribution in [1.82, 2.24) is 5.32 Å². The lowest BCUT2D eigenvalue weighted by atomic mass is 10.0. The lowest BCUT2D eigenvalue weighted by Gasteiger charge is -2.22. The molecule has 0 aromatic carbocycles. The topological polar surface area (TPSA) is 95.9 Å². The predicted molar refractivity (Wildman–Crippen MR) is 278 cm³/mol. The summed E-state index contributed by atoms with van der Waals surface area (Å²) in [5.74, 6) is -0.0652. The highest BCUT2D eigenvalue weighted by Gasteiger charge is 2.20. The van der Waals surface area contributed by atoms with Gasteiger partial charge in [-0.25, -0.2) is 0 Å². The number of unbranched alkanes of at least 4 members (excludes halogenated alkanes) is 38. The summed E-state index contributed by atoms with van der Waals surface area (Å²) in [7, 11) is 0. The molecule has 6 heteroatoms. The molecule has 0 aromatic rings. The summed E-state index contributed by atoms with van der Waals surface area (Å²) in [4.78, 5) is 24.6. The van der Waals surface area contributed by atoms with Crippen LogP contribution in [-0.2, 0) is 14.3 Å². The van der Waals surface area contributed by atoms with Gasteiger partial charge in [0.05, 0.1) is 25.4 Å². The second kappa shape index (κ2) is 54.0. The van der Waals surface area contributed by atoms with E-state index in [4.69, 9.17) is 4.74 Å². The summed E-state index contributed by atoms with van der Waals surface area (Å²) in [6, 6.07) is -0.554. The number of carbonyl (C=O) groups excluding carboxylic acids is 2. The number of hydrogen-bond donors (Lipinski definition) is 3. The van der Waals surface area contributed by atoms with Crippen LogP contribution in [0, 0.1) is 0 Å². The Balaban J connectivity index is 3.46. The molecule has 0 bridgehead atoms. The van der Waals surface area contributed by atoms with Gasteiger partial charge in [0.15, 0.2) is 0 Å². The van der Waals surface area contributed by atoms with Crippen molar-refractivity contribution in [3.8, 4) is 0 Å². The molecule has 0 saturated heterocycles. The number of allylic oxidation sites excluding steroid dienone is 4. The summed E-state index contributed by atoms with van der Waals surface area (Å²) in [5.41, 5.74) is 0. The van der Waals surface area contributed by atoms with Gasteiger partial charge in [-0.3, -0.25) is 9.59 Å². The van der Waals surface area contributed by atoms with Crippen molar-refractivity contribution in [1.29, 1.82) is 0 Å². The van der Waals surface area contributed by atoms with Gasteiger partial charge in [0.25, 0.3) is 0 Å². The summed E-state index contributed by atoms with van der Waals surface area (Å²) >= 11 is 0. The van der Waals surface area contributed by atoms with Crippen molar-refractivity contribution in [2.45, 2.75) is 321 Å². The summed E-state index contributed by atoms with van der Waals surface area (Å²) in [6.45, 7) is 4.91. The lowest BCUT2D eigenvalue weighted by Crippen LogP contribution is -2.45. The number of nitrogens with one attached hydrogen (secondary N) is 1. The maximum absolute atomic E-state index is 12.5. The third-order valence-corrected chi connectivity index (χ3v) is 13.3. The fraction of sp³-hybridized carbons (Fsp3) is 0.897. The number of carbonyl (C=O) groups is 2. The van der Waals surface area contributed by atoms with Gasteiger partial charge >= 0.3 is 5.97 Å². The third kappa shape index (κ3) is 49.8. The Morgan fingerprint density at radius 3 is 1.22 bits per heavy atom. The quantitative estimate of drug-likeness (QED) is 0.0321. The Bertz CT molecular complexity index is 997. The minimum absolute atomic E-state index is 0.0164. The van der Waals surface area contributed by atoms with Crippen molar-refractivity contribution in [2.24, 2.45) is 0 Å². The maximum Gasteiger partial charge on any atom is 0.305 e. The van der Waals surface area contributed by atoms with Crippen molar-refractivity contribution in [3.63, 3.8) is 0 Å². The van der Waals surface area contributed by atoms with Gasteiger partial charge in [0, 0.05) is 12.8 Å². The van der Waals surface area contributed by atoms with E-state index >= 15 is 0 Å².